The average molecular weight is 473 g/mol. The number of guanidine groups is 2. The summed E-state index contributed by atoms with van der Waals surface area (Å²) in [6, 6.07) is 5.71. The van der Waals surface area contributed by atoms with E-state index in [2.05, 4.69) is 27.4 Å². The van der Waals surface area contributed by atoms with Crippen LogP contribution in [0.15, 0.2) is 28.2 Å². The number of anilines is 2. The molecule has 9 heteroatoms. The summed E-state index contributed by atoms with van der Waals surface area (Å²) >= 11 is 0. The smallest absolute Gasteiger partial charge is 0.208 e. The molecule has 0 bridgehead atoms. The van der Waals surface area contributed by atoms with Crippen molar-refractivity contribution in [2.24, 2.45) is 21.6 Å². The maximum Gasteiger partial charge on any atom is 0.208 e. The molecule has 2 unspecified atom stereocenters. The Morgan fingerprint density at radius 2 is 2.00 bits per heavy atom. The normalized spacial score (nSPS) is 25.5. The first-order chi connectivity index (χ1) is 16.5. The molecule has 1 aromatic carbocycles. The lowest BCUT2D eigenvalue weighted by molar-refractivity contribution is 0.273. The number of nitrogens with zero attached hydrogens (tertiary/aromatic N) is 5. The monoisotopic (exact) mass is 472 g/mol. The summed E-state index contributed by atoms with van der Waals surface area (Å²) in [5.74, 6) is 1.31. The second-order valence-corrected chi connectivity index (χ2v) is 9.91. The fourth-order valence-electron chi connectivity index (χ4n) is 5.41. The van der Waals surface area contributed by atoms with Crippen molar-refractivity contribution in [2.45, 2.75) is 64.2 Å². The van der Waals surface area contributed by atoms with Crippen LogP contribution in [0.3, 0.4) is 0 Å². The molecule has 188 valence electrons. The highest BCUT2D eigenvalue weighted by molar-refractivity contribution is 6.08. The van der Waals surface area contributed by atoms with E-state index in [0.29, 0.717) is 41.8 Å². The van der Waals surface area contributed by atoms with Crippen LogP contribution in [0.2, 0.25) is 0 Å². The van der Waals surface area contributed by atoms with Crippen LogP contribution in [-0.4, -0.2) is 69.4 Å². The summed E-state index contributed by atoms with van der Waals surface area (Å²) in [6.07, 6.45) is 8.27. The van der Waals surface area contributed by atoms with Gasteiger partial charge in [0.2, 0.25) is 5.96 Å². The van der Waals surface area contributed by atoms with Gasteiger partial charge in [-0.2, -0.15) is 0 Å². The Morgan fingerprint density at radius 1 is 1.21 bits per heavy atom. The molecule has 1 saturated heterocycles. The third-order valence-electron chi connectivity index (χ3n) is 7.34. The summed E-state index contributed by atoms with van der Waals surface area (Å²) in [6.45, 7) is 5.87. The molecule has 1 aliphatic carbocycles. The number of nitrogens with one attached hydrogen (secondary N) is 2. The lowest BCUT2D eigenvalue weighted by atomic mass is 9.89. The van der Waals surface area contributed by atoms with Crippen molar-refractivity contribution in [3.8, 4) is 0 Å². The quantitative estimate of drug-likeness (QED) is 0.540. The molecule has 2 aliphatic heterocycles. The molecule has 1 saturated carbocycles. The Morgan fingerprint density at radius 3 is 2.71 bits per heavy atom. The minimum absolute atomic E-state index is 0.275. The van der Waals surface area contributed by atoms with Gasteiger partial charge < -0.3 is 10.6 Å². The molecule has 4 rings (SSSR count). The third kappa shape index (κ3) is 5.81. The van der Waals surface area contributed by atoms with Gasteiger partial charge in [0.15, 0.2) is 12.2 Å². The van der Waals surface area contributed by atoms with Crippen LogP contribution in [0, 0.1) is 11.7 Å². The van der Waals surface area contributed by atoms with Crippen molar-refractivity contribution in [1.29, 1.82) is 0 Å². The van der Waals surface area contributed by atoms with Gasteiger partial charge in [0, 0.05) is 26.7 Å². The predicted octanol–water partition coefficient (Wildman–Crippen LogP) is 2.91. The molecule has 2 atom stereocenters. The topological polar surface area (TPSA) is 84.5 Å². The SMILES string of the molecule is CCN1CCCC1CN=C1NC(N)=NC(NCC2CCCCC2)N1c1ccc(N(C)C)c(F)c1. The minimum Gasteiger partial charge on any atom is -0.375 e. The molecule has 2 heterocycles. The van der Waals surface area contributed by atoms with Crippen molar-refractivity contribution in [3.63, 3.8) is 0 Å². The van der Waals surface area contributed by atoms with Crippen LogP contribution in [0.5, 0.6) is 0 Å². The van der Waals surface area contributed by atoms with Gasteiger partial charge in [-0.25, -0.2) is 9.38 Å². The van der Waals surface area contributed by atoms with E-state index in [-0.39, 0.29) is 5.82 Å². The van der Waals surface area contributed by atoms with Crippen LogP contribution in [-0.2, 0) is 0 Å². The number of likely N-dealkylation sites (tertiary alicyclic amines) is 1. The number of halogens is 1. The first-order valence-corrected chi connectivity index (χ1v) is 12.8. The van der Waals surface area contributed by atoms with Crippen molar-refractivity contribution < 1.29 is 4.39 Å². The van der Waals surface area contributed by atoms with Crippen LogP contribution in [0.1, 0.15) is 51.9 Å². The van der Waals surface area contributed by atoms with Gasteiger partial charge >= 0.3 is 0 Å². The van der Waals surface area contributed by atoms with Crippen LogP contribution in [0.25, 0.3) is 0 Å². The number of benzene rings is 1. The molecule has 0 radical (unpaired) electrons. The number of aliphatic imine (C=N–C) groups is 2. The van der Waals surface area contributed by atoms with Gasteiger partial charge in [-0.15, -0.1) is 0 Å². The lowest BCUT2D eigenvalue weighted by Gasteiger charge is -2.37. The van der Waals surface area contributed by atoms with E-state index in [4.69, 9.17) is 10.7 Å². The van der Waals surface area contributed by atoms with E-state index in [0.717, 1.165) is 26.1 Å². The van der Waals surface area contributed by atoms with Gasteiger partial charge in [-0.1, -0.05) is 26.2 Å². The molecule has 3 aliphatic rings. The van der Waals surface area contributed by atoms with E-state index < -0.39 is 6.29 Å². The molecule has 0 spiro atoms. The van der Waals surface area contributed by atoms with Gasteiger partial charge in [0.1, 0.15) is 5.82 Å². The van der Waals surface area contributed by atoms with E-state index >= 15 is 0 Å². The Labute approximate surface area is 203 Å². The molecule has 4 N–H and O–H groups in total. The van der Waals surface area contributed by atoms with Crippen molar-refractivity contribution in [2.75, 3.05) is 50.1 Å². The molecular weight excluding hydrogens is 431 g/mol. The summed E-state index contributed by atoms with van der Waals surface area (Å²) < 4.78 is 15.0. The first kappa shape index (κ1) is 24.7. The molecule has 8 nitrogen and oxygen atoms in total. The Balaban J connectivity index is 1.61. The van der Waals surface area contributed by atoms with Crippen LogP contribution >= 0.6 is 0 Å². The van der Waals surface area contributed by atoms with Crippen molar-refractivity contribution >= 4 is 23.3 Å². The number of rotatable bonds is 8. The molecule has 34 heavy (non-hydrogen) atoms. The highest BCUT2D eigenvalue weighted by Crippen LogP contribution is 2.27. The average Bonchev–Trinajstić information content (AvgIpc) is 3.29. The zero-order chi connectivity index (χ0) is 24.1. The van der Waals surface area contributed by atoms with Gasteiger partial charge in [0.05, 0.1) is 17.9 Å². The summed E-state index contributed by atoms with van der Waals surface area (Å²) in [5, 5.41) is 6.76. The summed E-state index contributed by atoms with van der Waals surface area (Å²) in [5.41, 5.74) is 7.44. The molecular formula is C25H41FN8. The summed E-state index contributed by atoms with van der Waals surface area (Å²) in [7, 11) is 3.68. The lowest BCUT2D eigenvalue weighted by Crippen LogP contribution is -2.61. The molecule has 0 amide bonds. The first-order valence-electron chi connectivity index (χ1n) is 12.8. The Bertz CT molecular complexity index is 880. The maximum absolute atomic E-state index is 15.0. The fraction of sp³-hybridized carbons (Fsp3) is 0.680. The predicted molar refractivity (Wildman–Crippen MR) is 139 cm³/mol. The van der Waals surface area contributed by atoms with Crippen LogP contribution in [0.4, 0.5) is 15.8 Å². The number of hydrogen-bond acceptors (Lipinski definition) is 6. The minimum atomic E-state index is -0.433. The zero-order valence-electron chi connectivity index (χ0n) is 20.9. The van der Waals surface area contributed by atoms with Crippen molar-refractivity contribution in [3.05, 3.63) is 24.0 Å². The largest absolute Gasteiger partial charge is 0.375 e. The second-order valence-electron chi connectivity index (χ2n) is 9.91. The second kappa shape index (κ2) is 11.4. The Hall–Kier alpha value is -2.39. The van der Waals surface area contributed by atoms with Gasteiger partial charge in [-0.3, -0.25) is 25.4 Å². The van der Waals surface area contributed by atoms with E-state index in [1.807, 2.05) is 25.1 Å². The van der Waals surface area contributed by atoms with Gasteiger partial charge in [0.25, 0.3) is 0 Å². The Kier molecular flexibility index (Phi) is 8.26. The molecule has 0 aromatic heterocycles. The highest BCUT2D eigenvalue weighted by Gasteiger charge is 2.31. The molecule has 2 fully saturated rings. The summed E-state index contributed by atoms with van der Waals surface area (Å²) in [4.78, 5) is 15.8. The van der Waals surface area contributed by atoms with E-state index in [1.165, 1.54) is 38.5 Å². The maximum atomic E-state index is 15.0. The third-order valence-corrected chi connectivity index (χ3v) is 7.34. The van der Waals surface area contributed by atoms with Crippen LogP contribution < -0.4 is 26.2 Å². The van der Waals surface area contributed by atoms with Gasteiger partial charge in [-0.05, 0) is 62.9 Å². The number of nitrogens with two attached hydrogens (primary N) is 1. The highest BCUT2D eigenvalue weighted by atomic mass is 19.1. The number of likely N-dealkylation sites (N-methyl/N-ethyl adjacent to an activating group) is 1. The standard InChI is InChI=1S/C25H41FN8/c1-4-33-14-8-11-20(33)17-29-25-31-23(27)30-24(28-16-18-9-6-5-7-10-18)34(25)19-12-13-22(32(2)3)21(26)15-19/h12-13,15,18,20,24,28H,4-11,14,16-17H2,1-3H3,(H3,27,29,30,31). The molecule has 1 aromatic rings. The van der Waals surface area contributed by atoms with Crippen molar-refractivity contribution in [1.82, 2.24) is 15.5 Å². The zero-order valence-corrected chi connectivity index (χ0v) is 20.9. The number of hydrogen-bond donors (Lipinski definition) is 3. The van der Waals surface area contributed by atoms with E-state index in [1.54, 1.807) is 17.0 Å². The van der Waals surface area contributed by atoms with E-state index in [9.17, 15) is 4.39 Å². The fourth-order valence-corrected chi connectivity index (χ4v) is 5.41.